The first-order chi connectivity index (χ1) is 13.3. The van der Waals surface area contributed by atoms with Crippen molar-refractivity contribution < 1.29 is 14.0 Å². The van der Waals surface area contributed by atoms with Crippen LogP contribution in [0.4, 0.5) is 0 Å². The molecule has 27 heavy (non-hydrogen) atoms. The molecule has 0 spiro atoms. The maximum Gasteiger partial charge on any atom is 0.244 e. The summed E-state index contributed by atoms with van der Waals surface area (Å²) in [7, 11) is 1.65. The molecule has 0 bridgehead atoms. The fourth-order valence-corrected chi connectivity index (χ4v) is 3.97. The predicted molar refractivity (Wildman–Crippen MR) is 102 cm³/mol. The lowest BCUT2D eigenvalue weighted by Crippen LogP contribution is -2.22. The molecule has 142 valence electrons. The van der Waals surface area contributed by atoms with Crippen LogP contribution in [0.25, 0.3) is 11.5 Å². The molecule has 1 aliphatic heterocycles. The number of rotatable bonds is 8. The second-order valence-electron chi connectivity index (χ2n) is 6.38. The molecule has 1 aliphatic rings. The van der Waals surface area contributed by atoms with Crippen LogP contribution in [0.3, 0.4) is 0 Å². The number of pyridine rings is 1. The second kappa shape index (κ2) is 8.60. The van der Waals surface area contributed by atoms with Crippen molar-refractivity contribution in [1.82, 2.24) is 20.0 Å². The summed E-state index contributed by atoms with van der Waals surface area (Å²) in [6.07, 6.45) is 3.85. The molecule has 4 rings (SSSR count). The summed E-state index contributed by atoms with van der Waals surface area (Å²) in [5.41, 5.74) is 0.641. The van der Waals surface area contributed by atoms with Gasteiger partial charge in [-0.1, -0.05) is 11.2 Å². The molecule has 0 aliphatic carbocycles. The molecular weight excluding hydrogens is 364 g/mol. The smallest absolute Gasteiger partial charge is 0.244 e. The lowest BCUT2D eigenvalue weighted by molar-refractivity contribution is 0.146. The third kappa shape index (κ3) is 4.35. The van der Waals surface area contributed by atoms with Crippen LogP contribution in [-0.2, 0) is 11.3 Å². The SMILES string of the molecule is COCCOc1ccnc(-c2noc(C3CCCN3Cc3cccs3)n2)c1. The summed E-state index contributed by atoms with van der Waals surface area (Å²) in [5.74, 6) is 1.86. The zero-order valence-corrected chi connectivity index (χ0v) is 16.0. The molecule has 8 heteroatoms. The van der Waals surface area contributed by atoms with Crippen molar-refractivity contribution in [1.29, 1.82) is 0 Å². The van der Waals surface area contributed by atoms with E-state index in [1.165, 1.54) is 4.88 Å². The van der Waals surface area contributed by atoms with Gasteiger partial charge in [0.25, 0.3) is 0 Å². The number of hydrogen-bond acceptors (Lipinski definition) is 8. The Morgan fingerprint density at radius 3 is 3.15 bits per heavy atom. The van der Waals surface area contributed by atoms with Crippen LogP contribution in [-0.4, -0.2) is 46.9 Å². The van der Waals surface area contributed by atoms with Gasteiger partial charge in [0, 0.05) is 30.8 Å². The standard InChI is InChI=1S/C19H22N4O3S/c1-24-9-10-25-14-6-7-20-16(12-14)18-21-19(26-22-18)17-5-2-8-23(17)13-15-4-3-11-27-15/h3-4,6-7,11-12,17H,2,5,8-10,13H2,1H3. The molecule has 1 atom stereocenters. The highest BCUT2D eigenvalue weighted by atomic mass is 32.1. The van der Waals surface area contributed by atoms with Crippen LogP contribution in [0.2, 0.25) is 0 Å². The van der Waals surface area contributed by atoms with Crippen molar-refractivity contribution in [2.45, 2.75) is 25.4 Å². The fourth-order valence-electron chi connectivity index (χ4n) is 3.24. The van der Waals surface area contributed by atoms with E-state index >= 15 is 0 Å². The van der Waals surface area contributed by atoms with Gasteiger partial charge in [-0.3, -0.25) is 9.88 Å². The van der Waals surface area contributed by atoms with Gasteiger partial charge in [0.05, 0.1) is 12.6 Å². The van der Waals surface area contributed by atoms with Gasteiger partial charge in [0.1, 0.15) is 18.1 Å². The minimum atomic E-state index is 0.162. The van der Waals surface area contributed by atoms with Gasteiger partial charge in [-0.15, -0.1) is 11.3 Å². The number of ether oxygens (including phenoxy) is 2. The van der Waals surface area contributed by atoms with Gasteiger partial charge in [0.2, 0.25) is 11.7 Å². The van der Waals surface area contributed by atoms with Gasteiger partial charge in [-0.25, -0.2) is 0 Å². The number of likely N-dealkylation sites (tertiary alicyclic amines) is 1. The van der Waals surface area contributed by atoms with E-state index in [1.807, 2.05) is 6.07 Å². The Balaban J connectivity index is 1.47. The zero-order valence-electron chi connectivity index (χ0n) is 15.2. The van der Waals surface area contributed by atoms with Crippen LogP contribution < -0.4 is 4.74 Å². The van der Waals surface area contributed by atoms with Gasteiger partial charge in [-0.05, 0) is 36.9 Å². The van der Waals surface area contributed by atoms with E-state index in [9.17, 15) is 0 Å². The first-order valence-electron chi connectivity index (χ1n) is 9.01. The first kappa shape index (κ1) is 18.1. The van der Waals surface area contributed by atoms with Crippen LogP contribution in [0.15, 0.2) is 40.4 Å². The highest BCUT2D eigenvalue weighted by Gasteiger charge is 2.31. The molecule has 0 aromatic carbocycles. The van der Waals surface area contributed by atoms with E-state index < -0.39 is 0 Å². The second-order valence-corrected chi connectivity index (χ2v) is 7.41. The molecule has 0 saturated carbocycles. The number of methoxy groups -OCH3 is 1. The molecule has 0 amide bonds. The van der Waals surface area contributed by atoms with E-state index in [4.69, 9.17) is 14.0 Å². The van der Waals surface area contributed by atoms with E-state index in [0.717, 1.165) is 25.9 Å². The Kier molecular flexibility index (Phi) is 5.76. The largest absolute Gasteiger partial charge is 0.491 e. The molecule has 4 heterocycles. The average molecular weight is 386 g/mol. The van der Waals surface area contributed by atoms with Gasteiger partial charge in [0.15, 0.2) is 0 Å². The third-order valence-electron chi connectivity index (χ3n) is 4.55. The average Bonchev–Trinajstić information content (AvgIpc) is 3.44. The Hall–Kier alpha value is -2.29. The molecule has 1 fully saturated rings. The maximum absolute atomic E-state index is 5.63. The monoisotopic (exact) mass is 386 g/mol. The quantitative estimate of drug-likeness (QED) is 0.548. The van der Waals surface area contributed by atoms with Crippen LogP contribution in [0.1, 0.15) is 29.7 Å². The molecule has 1 saturated heterocycles. The van der Waals surface area contributed by atoms with Crippen molar-refractivity contribution >= 4 is 11.3 Å². The minimum absolute atomic E-state index is 0.162. The summed E-state index contributed by atoms with van der Waals surface area (Å²) >= 11 is 1.78. The molecule has 3 aromatic rings. The third-order valence-corrected chi connectivity index (χ3v) is 5.41. The van der Waals surface area contributed by atoms with Gasteiger partial charge >= 0.3 is 0 Å². The Morgan fingerprint density at radius 1 is 1.33 bits per heavy atom. The van der Waals surface area contributed by atoms with Crippen molar-refractivity contribution in [3.63, 3.8) is 0 Å². The van der Waals surface area contributed by atoms with E-state index in [0.29, 0.717) is 36.4 Å². The highest BCUT2D eigenvalue weighted by Crippen LogP contribution is 2.33. The van der Waals surface area contributed by atoms with Crippen LogP contribution in [0.5, 0.6) is 5.75 Å². The summed E-state index contributed by atoms with van der Waals surface area (Å²) in [6, 6.07) is 8.04. The van der Waals surface area contributed by atoms with Crippen molar-refractivity contribution in [3.8, 4) is 17.3 Å². The Morgan fingerprint density at radius 2 is 2.30 bits per heavy atom. The van der Waals surface area contributed by atoms with E-state index in [1.54, 1.807) is 30.7 Å². The maximum atomic E-state index is 5.63. The molecule has 0 N–H and O–H groups in total. The predicted octanol–water partition coefficient (Wildman–Crippen LogP) is 3.56. The van der Waals surface area contributed by atoms with Crippen LogP contribution in [0, 0.1) is 0 Å². The molecule has 7 nitrogen and oxygen atoms in total. The first-order valence-corrected chi connectivity index (χ1v) is 9.89. The lowest BCUT2D eigenvalue weighted by Gasteiger charge is -2.20. The zero-order chi connectivity index (χ0) is 18.5. The topological polar surface area (TPSA) is 73.5 Å². The number of aromatic nitrogens is 3. The fraction of sp³-hybridized carbons (Fsp3) is 0.421. The van der Waals surface area contributed by atoms with Crippen molar-refractivity contribution in [2.75, 3.05) is 26.9 Å². The van der Waals surface area contributed by atoms with Crippen LogP contribution >= 0.6 is 11.3 Å². The Labute approximate surface area is 161 Å². The summed E-state index contributed by atoms with van der Waals surface area (Å²) in [5, 5.41) is 6.26. The minimum Gasteiger partial charge on any atom is -0.491 e. The Bertz CT molecular complexity index is 852. The molecule has 3 aromatic heterocycles. The molecular formula is C19H22N4O3S. The van der Waals surface area contributed by atoms with Crippen molar-refractivity contribution in [3.05, 3.63) is 46.6 Å². The number of hydrogen-bond donors (Lipinski definition) is 0. The van der Waals surface area contributed by atoms with E-state index in [-0.39, 0.29) is 6.04 Å². The molecule has 0 radical (unpaired) electrons. The molecule has 1 unspecified atom stereocenters. The summed E-state index contributed by atoms with van der Waals surface area (Å²) in [6.45, 7) is 2.98. The summed E-state index contributed by atoms with van der Waals surface area (Å²) in [4.78, 5) is 12.7. The van der Waals surface area contributed by atoms with Gasteiger partial charge in [-0.2, -0.15) is 4.98 Å². The number of nitrogens with zero attached hydrogens (tertiary/aromatic N) is 4. The lowest BCUT2D eigenvalue weighted by atomic mass is 10.2. The van der Waals surface area contributed by atoms with Gasteiger partial charge < -0.3 is 14.0 Å². The number of thiophene rings is 1. The van der Waals surface area contributed by atoms with Crippen molar-refractivity contribution in [2.24, 2.45) is 0 Å². The van der Waals surface area contributed by atoms with E-state index in [2.05, 4.69) is 37.5 Å². The highest BCUT2D eigenvalue weighted by molar-refractivity contribution is 7.09. The summed E-state index contributed by atoms with van der Waals surface area (Å²) < 4.78 is 16.2. The normalized spacial score (nSPS) is 17.4.